The molecule has 0 saturated heterocycles. The molecule has 25 heavy (non-hydrogen) atoms. The van der Waals surface area contributed by atoms with E-state index in [-0.39, 0.29) is 24.2 Å². The summed E-state index contributed by atoms with van der Waals surface area (Å²) >= 11 is 0. The molecule has 142 valence electrons. The van der Waals surface area contributed by atoms with E-state index in [1.165, 1.54) is 24.3 Å². The lowest BCUT2D eigenvalue weighted by Gasteiger charge is -2.29. The highest BCUT2D eigenvalue weighted by atomic mass is 35.5. The molecule has 0 bridgehead atoms. The molecule has 5 nitrogen and oxygen atoms in total. The van der Waals surface area contributed by atoms with Crippen molar-refractivity contribution in [2.45, 2.75) is 52.1 Å². The fourth-order valence-electron chi connectivity index (χ4n) is 2.23. The molecule has 0 aliphatic rings. The molecule has 1 aromatic rings. The topological polar surface area (TPSA) is 84.2 Å². The number of halogens is 2. The van der Waals surface area contributed by atoms with Crippen LogP contribution in [0.4, 0.5) is 4.39 Å². The zero-order valence-corrected chi connectivity index (χ0v) is 16.1. The highest BCUT2D eigenvalue weighted by molar-refractivity contribution is 5.97. The quantitative estimate of drug-likeness (QED) is 0.655. The standard InChI is InChI=1S/C18H28FN3O2.ClH/c1-5-18(20,6-2)11-21-17(24)15(12(3)4)22-16(23)13-7-9-14(19)10-8-13;/h7-10,12,15H,5-6,11,20H2,1-4H3,(H,21,24)(H,22,23);1H. The normalized spacial score (nSPS) is 12.3. The molecular weight excluding hydrogens is 345 g/mol. The summed E-state index contributed by atoms with van der Waals surface area (Å²) in [4.78, 5) is 24.7. The minimum absolute atomic E-state index is 0. The smallest absolute Gasteiger partial charge is 0.251 e. The third kappa shape index (κ3) is 7.00. The minimum Gasteiger partial charge on any atom is -0.352 e. The van der Waals surface area contributed by atoms with Gasteiger partial charge in [-0.15, -0.1) is 12.4 Å². The lowest BCUT2D eigenvalue weighted by Crippen LogP contribution is -2.55. The van der Waals surface area contributed by atoms with Gasteiger partial charge in [-0.2, -0.15) is 0 Å². The summed E-state index contributed by atoms with van der Waals surface area (Å²) in [6.07, 6.45) is 1.50. The molecule has 1 rings (SSSR count). The largest absolute Gasteiger partial charge is 0.352 e. The Morgan fingerprint density at radius 1 is 1.16 bits per heavy atom. The van der Waals surface area contributed by atoms with Gasteiger partial charge in [0, 0.05) is 17.6 Å². The Labute approximate surface area is 155 Å². The second-order valence-corrected chi connectivity index (χ2v) is 6.49. The van der Waals surface area contributed by atoms with Crippen molar-refractivity contribution < 1.29 is 14.0 Å². The highest BCUT2D eigenvalue weighted by Crippen LogP contribution is 2.11. The SMILES string of the molecule is CCC(N)(CC)CNC(=O)C(NC(=O)c1ccc(F)cc1)C(C)C.Cl. The molecular formula is C18H29ClFN3O2. The van der Waals surface area contributed by atoms with Gasteiger partial charge in [-0.25, -0.2) is 4.39 Å². The molecule has 1 aromatic carbocycles. The van der Waals surface area contributed by atoms with Crippen LogP contribution in [0.1, 0.15) is 50.9 Å². The van der Waals surface area contributed by atoms with E-state index in [2.05, 4.69) is 10.6 Å². The van der Waals surface area contributed by atoms with Gasteiger partial charge in [0.25, 0.3) is 5.91 Å². The molecule has 2 amide bonds. The van der Waals surface area contributed by atoms with Crippen LogP contribution >= 0.6 is 12.4 Å². The molecule has 0 aliphatic carbocycles. The second-order valence-electron chi connectivity index (χ2n) is 6.49. The first-order chi connectivity index (χ1) is 11.2. The Morgan fingerprint density at radius 2 is 1.68 bits per heavy atom. The fourth-order valence-corrected chi connectivity index (χ4v) is 2.23. The van der Waals surface area contributed by atoms with Gasteiger partial charge in [0.1, 0.15) is 11.9 Å². The van der Waals surface area contributed by atoms with Crippen LogP contribution in [-0.2, 0) is 4.79 Å². The maximum atomic E-state index is 12.9. The van der Waals surface area contributed by atoms with Crippen molar-refractivity contribution in [2.24, 2.45) is 11.7 Å². The van der Waals surface area contributed by atoms with E-state index >= 15 is 0 Å². The molecule has 1 atom stereocenters. The van der Waals surface area contributed by atoms with Gasteiger partial charge in [0.2, 0.25) is 5.91 Å². The molecule has 0 aliphatic heterocycles. The maximum absolute atomic E-state index is 12.9. The van der Waals surface area contributed by atoms with E-state index in [0.29, 0.717) is 12.1 Å². The monoisotopic (exact) mass is 373 g/mol. The first-order valence-electron chi connectivity index (χ1n) is 8.35. The minimum atomic E-state index is -0.680. The van der Waals surface area contributed by atoms with Crippen molar-refractivity contribution >= 4 is 24.2 Å². The molecule has 1 unspecified atom stereocenters. The van der Waals surface area contributed by atoms with Gasteiger partial charge in [-0.1, -0.05) is 27.7 Å². The first kappa shape index (κ1) is 23.3. The molecule has 0 radical (unpaired) electrons. The van der Waals surface area contributed by atoms with E-state index in [9.17, 15) is 14.0 Å². The molecule has 0 fully saturated rings. The summed E-state index contributed by atoms with van der Waals surface area (Å²) in [5, 5.41) is 5.54. The zero-order chi connectivity index (χ0) is 18.3. The van der Waals surface area contributed by atoms with E-state index < -0.39 is 23.3 Å². The number of nitrogens with one attached hydrogen (secondary N) is 2. The predicted octanol–water partition coefficient (Wildman–Crippen LogP) is 2.64. The number of benzene rings is 1. The summed E-state index contributed by atoms with van der Waals surface area (Å²) in [7, 11) is 0. The van der Waals surface area contributed by atoms with E-state index in [1.54, 1.807) is 0 Å². The van der Waals surface area contributed by atoms with Crippen LogP contribution in [0, 0.1) is 11.7 Å². The highest BCUT2D eigenvalue weighted by Gasteiger charge is 2.27. The Morgan fingerprint density at radius 3 is 2.12 bits per heavy atom. The average Bonchev–Trinajstić information content (AvgIpc) is 2.57. The van der Waals surface area contributed by atoms with E-state index in [0.717, 1.165) is 12.8 Å². The Kier molecular flexibility index (Phi) is 9.67. The van der Waals surface area contributed by atoms with Crippen LogP contribution in [0.5, 0.6) is 0 Å². The van der Waals surface area contributed by atoms with Crippen LogP contribution in [0.15, 0.2) is 24.3 Å². The Balaban J connectivity index is 0.00000576. The number of hydrogen-bond acceptors (Lipinski definition) is 3. The molecule has 0 aromatic heterocycles. The third-order valence-corrected chi connectivity index (χ3v) is 4.37. The summed E-state index contributed by atoms with van der Waals surface area (Å²) in [6.45, 7) is 8.02. The summed E-state index contributed by atoms with van der Waals surface area (Å²) in [5.74, 6) is -1.18. The van der Waals surface area contributed by atoms with Crippen molar-refractivity contribution in [3.63, 3.8) is 0 Å². The van der Waals surface area contributed by atoms with E-state index in [1.807, 2.05) is 27.7 Å². The van der Waals surface area contributed by atoms with E-state index in [4.69, 9.17) is 5.73 Å². The zero-order valence-electron chi connectivity index (χ0n) is 15.3. The number of amides is 2. The van der Waals surface area contributed by atoms with Gasteiger partial charge in [-0.05, 0) is 43.0 Å². The maximum Gasteiger partial charge on any atom is 0.251 e. The Bertz CT molecular complexity index is 560. The van der Waals surface area contributed by atoms with Crippen LogP contribution in [0.25, 0.3) is 0 Å². The lowest BCUT2D eigenvalue weighted by atomic mass is 9.94. The summed E-state index contributed by atoms with van der Waals surface area (Å²) in [5.41, 5.74) is 6.05. The number of rotatable bonds is 8. The molecule has 0 spiro atoms. The molecule has 0 saturated carbocycles. The van der Waals surface area contributed by atoms with Gasteiger partial charge in [-0.3, -0.25) is 9.59 Å². The fraction of sp³-hybridized carbons (Fsp3) is 0.556. The van der Waals surface area contributed by atoms with Crippen LogP contribution in [0.2, 0.25) is 0 Å². The Hall–Kier alpha value is -1.66. The van der Waals surface area contributed by atoms with Crippen LogP contribution < -0.4 is 16.4 Å². The third-order valence-electron chi connectivity index (χ3n) is 4.37. The molecule has 7 heteroatoms. The van der Waals surface area contributed by atoms with Gasteiger partial charge in [0.15, 0.2) is 0 Å². The number of nitrogens with two attached hydrogens (primary N) is 1. The van der Waals surface area contributed by atoms with Crippen molar-refractivity contribution in [1.82, 2.24) is 10.6 Å². The van der Waals surface area contributed by atoms with Crippen LogP contribution in [-0.4, -0.2) is 29.9 Å². The number of hydrogen-bond donors (Lipinski definition) is 3. The van der Waals surface area contributed by atoms with Gasteiger partial charge in [0.05, 0.1) is 0 Å². The first-order valence-corrected chi connectivity index (χ1v) is 8.35. The van der Waals surface area contributed by atoms with Gasteiger partial charge >= 0.3 is 0 Å². The van der Waals surface area contributed by atoms with Gasteiger partial charge < -0.3 is 16.4 Å². The second kappa shape index (κ2) is 10.4. The molecule has 4 N–H and O–H groups in total. The molecule has 0 heterocycles. The average molecular weight is 374 g/mol. The van der Waals surface area contributed by atoms with Crippen LogP contribution in [0.3, 0.4) is 0 Å². The van der Waals surface area contributed by atoms with Crippen molar-refractivity contribution in [1.29, 1.82) is 0 Å². The predicted molar refractivity (Wildman–Crippen MR) is 100 cm³/mol. The van der Waals surface area contributed by atoms with Crippen molar-refractivity contribution in [3.05, 3.63) is 35.6 Å². The summed E-state index contributed by atoms with van der Waals surface area (Å²) < 4.78 is 12.9. The van der Waals surface area contributed by atoms with Crippen molar-refractivity contribution in [3.8, 4) is 0 Å². The number of carbonyl (C=O) groups is 2. The number of carbonyl (C=O) groups excluding carboxylic acids is 2. The lowest BCUT2D eigenvalue weighted by molar-refractivity contribution is -0.124. The van der Waals surface area contributed by atoms with Crippen molar-refractivity contribution in [2.75, 3.05) is 6.54 Å². The summed E-state index contributed by atoms with van der Waals surface area (Å²) in [6, 6.07) is 4.52.